The number of fused-ring (bicyclic) bond motifs is 1. The molecule has 7 heteroatoms. The van der Waals surface area contributed by atoms with Crippen LogP contribution in [0, 0.1) is 4.77 Å². The van der Waals surface area contributed by atoms with E-state index < -0.39 is 11.5 Å². The summed E-state index contributed by atoms with van der Waals surface area (Å²) in [6.07, 6.45) is 0. The first-order valence-electron chi connectivity index (χ1n) is 8.30. The molecule has 0 spiro atoms. The second kappa shape index (κ2) is 7.36. The molecule has 4 nitrogen and oxygen atoms in total. The molecule has 4 rings (SSSR count). The molecule has 1 aromatic heterocycles. The minimum absolute atomic E-state index is 0.0288. The number of rotatable bonds is 2. The largest absolute Gasteiger partial charge is 0.330 e. The van der Waals surface area contributed by atoms with Crippen LogP contribution in [0.5, 0.6) is 0 Å². The van der Waals surface area contributed by atoms with Crippen molar-refractivity contribution in [2.75, 3.05) is 0 Å². The van der Waals surface area contributed by atoms with Crippen molar-refractivity contribution in [3.05, 3.63) is 97.5 Å². The number of hydrogen-bond acceptors (Lipinski definition) is 3. The number of aromatic nitrogens is 2. The molecule has 0 radical (unpaired) electrons. The average molecular weight is 427 g/mol. The number of nitrogens with one attached hydrogen (secondary N) is 1. The molecule has 0 saturated carbocycles. The van der Waals surface area contributed by atoms with Gasteiger partial charge in [0.15, 0.2) is 4.77 Å². The molecule has 0 aliphatic carbocycles. The summed E-state index contributed by atoms with van der Waals surface area (Å²) in [6, 6.07) is 19.7. The monoisotopic (exact) mass is 426 g/mol. The summed E-state index contributed by atoms with van der Waals surface area (Å²) >= 11 is 17.4. The number of benzene rings is 3. The third-order valence-electron chi connectivity index (χ3n) is 4.37. The highest BCUT2D eigenvalue weighted by Gasteiger charge is 2.16. The van der Waals surface area contributed by atoms with E-state index in [1.165, 1.54) is 12.1 Å². The van der Waals surface area contributed by atoms with Gasteiger partial charge in [-0.3, -0.25) is 9.59 Å². The molecule has 1 N–H and O–H groups in total. The third-order valence-corrected chi connectivity index (χ3v) is 5.17. The summed E-state index contributed by atoms with van der Waals surface area (Å²) in [5.41, 5.74) is 2.12. The number of carbonyl (C=O) groups is 1. The lowest BCUT2D eigenvalue weighted by molar-refractivity contribution is 0.0953. The summed E-state index contributed by atoms with van der Waals surface area (Å²) in [4.78, 5) is 28.7. The number of H-pyrrole nitrogens is 1. The highest BCUT2D eigenvalue weighted by Crippen LogP contribution is 2.24. The minimum atomic E-state index is -0.569. The molecule has 0 aliphatic rings. The predicted octanol–water partition coefficient (Wildman–Crippen LogP) is 5.72. The third kappa shape index (κ3) is 3.29. The topological polar surface area (TPSA) is 54.9 Å². The molecule has 0 aliphatic heterocycles. The molecule has 0 fully saturated rings. The molecule has 138 valence electrons. The van der Waals surface area contributed by atoms with Gasteiger partial charge in [0.05, 0.1) is 15.9 Å². The Balaban J connectivity index is 1.81. The zero-order valence-electron chi connectivity index (χ0n) is 14.3. The second-order valence-corrected chi connectivity index (χ2v) is 7.36. The number of nitrogens with zero attached hydrogens (tertiary/aromatic N) is 1. The van der Waals surface area contributed by atoms with Gasteiger partial charge in [-0.2, -0.15) is 0 Å². The maximum absolute atomic E-state index is 13.0. The van der Waals surface area contributed by atoms with Crippen molar-refractivity contribution in [2.24, 2.45) is 0 Å². The van der Waals surface area contributed by atoms with Gasteiger partial charge >= 0.3 is 0 Å². The average Bonchev–Trinajstić information content (AvgIpc) is 2.70. The normalized spacial score (nSPS) is 10.9. The van der Waals surface area contributed by atoms with Crippen LogP contribution >= 0.6 is 35.4 Å². The van der Waals surface area contributed by atoms with Crippen molar-refractivity contribution in [1.82, 2.24) is 9.55 Å². The van der Waals surface area contributed by atoms with Gasteiger partial charge in [-0.15, -0.1) is 0 Å². The Morgan fingerprint density at radius 2 is 1.57 bits per heavy atom. The molecular weight excluding hydrogens is 415 g/mol. The van der Waals surface area contributed by atoms with Crippen LogP contribution in [0.25, 0.3) is 22.0 Å². The van der Waals surface area contributed by atoms with Crippen molar-refractivity contribution in [3.63, 3.8) is 0 Å². The Kier molecular flexibility index (Phi) is 4.89. The van der Waals surface area contributed by atoms with Gasteiger partial charge in [0, 0.05) is 10.6 Å². The lowest BCUT2D eigenvalue weighted by Crippen LogP contribution is -2.29. The molecule has 3 aromatic carbocycles. The quantitative estimate of drug-likeness (QED) is 0.416. The van der Waals surface area contributed by atoms with E-state index in [4.69, 9.17) is 35.4 Å². The van der Waals surface area contributed by atoms with E-state index in [0.29, 0.717) is 16.1 Å². The fourth-order valence-corrected chi connectivity index (χ4v) is 3.80. The number of carbonyl (C=O) groups excluding carboxylic acids is 1. The van der Waals surface area contributed by atoms with Crippen molar-refractivity contribution in [3.8, 4) is 11.1 Å². The van der Waals surface area contributed by atoms with Crippen molar-refractivity contribution in [2.45, 2.75) is 0 Å². The minimum Gasteiger partial charge on any atom is -0.330 e. The molecule has 0 saturated heterocycles. The van der Waals surface area contributed by atoms with E-state index in [1.807, 2.05) is 42.5 Å². The van der Waals surface area contributed by atoms with E-state index in [1.54, 1.807) is 12.1 Å². The summed E-state index contributed by atoms with van der Waals surface area (Å²) in [6.45, 7) is 0. The number of aromatic amines is 1. The summed E-state index contributed by atoms with van der Waals surface area (Å²) in [5.74, 6) is -0.524. The maximum Gasteiger partial charge on any atom is 0.269 e. The molecular formula is C21H12Cl2N2O2S. The Bertz CT molecular complexity index is 1330. The molecule has 0 bridgehead atoms. The van der Waals surface area contributed by atoms with Gasteiger partial charge in [-0.1, -0.05) is 65.7 Å². The van der Waals surface area contributed by atoms with Gasteiger partial charge in [0.1, 0.15) is 0 Å². The van der Waals surface area contributed by atoms with E-state index in [9.17, 15) is 9.59 Å². The van der Waals surface area contributed by atoms with Crippen molar-refractivity contribution < 1.29 is 4.79 Å². The van der Waals surface area contributed by atoms with Crippen LogP contribution in [0.15, 0.2) is 71.5 Å². The fraction of sp³-hybridized carbons (Fsp3) is 0. The Labute approximate surface area is 175 Å². The molecule has 28 heavy (non-hydrogen) atoms. The van der Waals surface area contributed by atoms with Gasteiger partial charge in [-0.05, 0) is 47.6 Å². The van der Waals surface area contributed by atoms with E-state index in [0.717, 1.165) is 15.7 Å². The van der Waals surface area contributed by atoms with Gasteiger partial charge in [0.2, 0.25) is 0 Å². The van der Waals surface area contributed by atoms with Crippen molar-refractivity contribution >= 4 is 52.2 Å². The first-order valence-corrected chi connectivity index (χ1v) is 9.46. The van der Waals surface area contributed by atoms with Crippen molar-refractivity contribution in [1.29, 1.82) is 0 Å². The van der Waals surface area contributed by atoms with E-state index >= 15 is 0 Å². The summed E-state index contributed by atoms with van der Waals surface area (Å²) in [7, 11) is 0. The highest BCUT2D eigenvalue weighted by atomic mass is 35.5. The zero-order valence-corrected chi connectivity index (χ0v) is 16.6. The standard InChI is InChI=1S/C21H12Cl2N2O2S/c22-15-10-16-18(17(23)11-15)24-21(28)25(20(16)27)19(26)14-8-6-13(7-9-14)12-4-2-1-3-5-12/h1-11H,(H,24,28). The van der Waals surface area contributed by atoms with Gasteiger partial charge in [0.25, 0.3) is 11.5 Å². The summed E-state index contributed by atoms with van der Waals surface area (Å²) in [5, 5.41) is 0.754. The second-order valence-electron chi connectivity index (χ2n) is 6.13. The van der Waals surface area contributed by atoms with Crippen LogP contribution < -0.4 is 5.56 Å². The maximum atomic E-state index is 13.0. The number of hydrogen-bond donors (Lipinski definition) is 1. The van der Waals surface area contributed by atoms with Gasteiger partial charge in [-0.25, -0.2) is 4.57 Å². The Hall–Kier alpha value is -2.73. The van der Waals surface area contributed by atoms with Crippen LogP contribution in [0.4, 0.5) is 0 Å². The van der Waals surface area contributed by atoms with Crippen LogP contribution in [0.3, 0.4) is 0 Å². The lowest BCUT2D eigenvalue weighted by Gasteiger charge is -2.09. The first-order chi connectivity index (χ1) is 13.5. The highest BCUT2D eigenvalue weighted by molar-refractivity contribution is 7.71. The molecule has 0 unspecified atom stereocenters. The Morgan fingerprint density at radius 3 is 2.25 bits per heavy atom. The predicted molar refractivity (Wildman–Crippen MR) is 115 cm³/mol. The van der Waals surface area contributed by atoms with Crippen LogP contribution in [-0.2, 0) is 0 Å². The molecule has 4 aromatic rings. The summed E-state index contributed by atoms with van der Waals surface area (Å²) < 4.78 is 0.890. The van der Waals surface area contributed by atoms with Crippen LogP contribution in [-0.4, -0.2) is 15.5 Å². The smallest absolute Gasteiger partial charge is 0.269 e. The first kappa shape index (κ1) is 18.6. The molecule has 1 heterocycles. The zero-order chi connectivity index (χ0) is 19.8. The number of halogens is 2. The van der Waals surface area contributed by atoms with Gasteiger partial charge < -0.3 is 4.98 Å². The molecule has 0 atom stereocenters. The SMILES string of the molecule is O=C(c1ccc(-c2ccccc2)cc1)n1c(=S)[nH]c2c(Cl)cc(Cl)cc2c1=O. The fourth-order valence-electron chi connectivity index (χ4n) is 2.99. The van der Waals surface area contributed by atoms with Crippen LogP contribution in [0.2, 0.25) is 10.0 Å². The lowest BCUT2D eigenvalue weighted by atomic mass is 10.0. The van der Waals surface area contributed by atoms with E-state index in [-0.39, 0.29) is 15.2 Å². The van der Waals surface area contributed by atoms with E-state index in [2.05, 4.69) is 4.98 Å². The van der Waals surface area contributed by atoms with Crippen LogP contribution in [0.1, 0.15) is 10.4 Å². The molecule has 0 amide bonds. The Morgan fingerprint density at radius 1 is 0.929 bits per heavy atom.